The lowest BCUT2D eigenvalue weighted by Crippen LogP contribution is -2.27. The van der Waals surface area contributed by atoms with E-state index in [0.717, 1.165) is 22.9 Å². The summed E-state index contributed by atoms with van der Waals surface area (Å²) in [6, 6.07) is 1.33. The molecule has 0 radical (unpaired) electrons. The lowest BCUT2D eigenvalue weighted by atomic mass is 10.4. The van der Waals surface area contributed by atoms with Crippen molar-refractivity contribution < 1.29 is 8.42 Å². The van der Waals surface area contributed by atoms with E-state index in [1.54, 1.807) is 19.2 Å². The summed E-state index contributed by atoms with van der Waals surface area (Å²) >= 11 is 2.90. The highest BCUT2D eigenvalue weighted by Gasteiger charge is 2.23. The zero-order valence-electron chi connectivity index (χ0n) is 12.0. The molecule has 0 saturated carbocycles. The zero-order chi connectivity index (χ0) is 15.3. The third kappa shape index (κ3) is 4.33. The Bertz CT molecular complexity index is 650. The molecule has 0 amide bonds. The van der Waals surface area contributed by atoms with Crippen LogP contribution in [0.3, 0.4) is 0 Å². The number of nitrogens with one attached hydrogen (secondary N) is 2. The standard InChI is InChI=1S/C13H19N3O2S3/c1-3-5-14-9-11-12(4-7-19-11)21(17,18)16-10(2)13-15-6-8-20-13/h4,6-8,10,14,16H,3,5,9H2,1-2H3. The number of nitrogens with zero attached hydrogens (tertiary/aromatic N) is 1. The van der Waals surface area contributed by atoms with Crippen LogP contribution >= 0.6 is 22.7 Å². The third-order valence-corrected chi connectivity index (χ3v) is 6.49. The summed E-state index contributed by atoms with van der Waals surface area (Å²) in [6.07, 6.45) is 2.70. The fraction of sp³-hybridized carbons (Fsp3) is 0.462. The summed E-state index contributed by atoms with van der Waals surface area (Å²) in [5.74, 6) is 0. The second kappa shape index (κ2) is 7.46. The highest BCUT2D eigenvalue weighted by Crippen LogP contribution is 2.24. The second-order valence-electron chi connectivity index (χ2n) is 4.60. The van der Waals surface area contributed by atoms with Gasteiger partial charge in [0.25, 0.3) is 0 Å². The fourth-order valence-corrected chi connectivity index (χ4v) is 5.21. The van der Waals surface area contributed by atoms with E-state index in [9.17, 15) is 8.42 Å². The Labute approximate surface area is 133 Å². The largest absolute Gasteiger partial charge is 0.312 e. The molecule has 0 fully saturated rings. The van der Waals surface area contributed by atoms with Crippen LogP contribution in [0.4, 0.5) is 0 Å². The van der Waals surface area contributed by atoms with Gasteiger partial charge in [-0.1, -0.05) is 6.92 Å². The van der Waals surface area contributed by atoms with Crippen LogP contribution in [0.1, 0.15) is 36.2 Å². The Hall–Kier alpha value is -0.800. The highest BCUT2D eigenvalue weighted by molar-refractivity contribution is 7.89. The van der Waals surface area contributed by atoms with Crippen molar-refractivity contribution in [2.24, 2.45) is 0 Å². The number of rotatable bonds is 8. The van der Waals surface area contributed by atoms with Gasteiger partial charge < -0.3 is 5.32 Å². The van der Waals surface area contributed by atoms with Crippen molar-refractivity contribution >= 4 is 32.7 Å². The molecule has 8 heteroatoms. The van der Waals surface area contributed by atoms with Crippen molar-refractivity contribution in [3.8, 4) is 0 Å². The van der Waals surface area contributed by atoms with Crippen LogP contribution in [-0.4, -0.2) is 19.9 Å². The van der Waals surface area contributed by atoms with Gasteiger partial charge in [-0.25, -0.2) is 18.1 Å². The molecular formula is C13H19N3O2S3. The van der Waals surface area contributed by atoms with E-state index in [1.165, 1.54) is 22.7 Å². The maximum absolute atomic E-state index is 12.5. The van der Waals surface area contributed by atoms with Crippen molar-refractivity contribution in [2.45, 2.75) is 37.8 Å². The summed E-state index contributed by atoms with van der Waals surface area (Å²) < 4.78 is 27.7. The van der Waals surface area contributed by atoms with Gasteiger partial charge in [0.1, 0.15) is 5.01 Å². The van der Waals surface area contributed by atoms with E-state index in [-0.39, 0.29) is 6.04 Å². The molecule has 2 heterocycles. The first kappa shape index (κ1) is 16.6. The Morgan fingerprint density at radius 3 is 2.81 bits per heavy atom. The molecule has 2 rings (SSSR count). The lowest BCUT2D eigenvalue weighted by molar-refractivity contribution is 0.564. The molecular weight excluding hydrogens is 326 g/mol. The molecule has 0 spiro atoms. The molecule has 0 saturated heterocycles. The average molecular weight is 346 g/mol. The van der Waals surface area contributed by atoms with E-state index < -0.39 is 10.0 Å². The SMILES string of the molecule is CCCNCc1sccc1S(=O)(=O)NC(C)c1nccs1. The van der Waals surface area contributed by atoms with Gasteiger partial charge in [-0.2, -0.15) is 0 Å². The molecule has 0 aliphatic rings. The van der Waals surface area contributed by atoms with Gasteiger partial charge in [0.15, 0.2) is 0 Å². The zero-order valence-corrected chi connectivity index (χ0v) is 14.4. The molecule has 0 bridgehead atoms. The summed E-state index contributed by atoms with van der Waals surface area (Å²) in [6.45, 7) is 5.34. The van der Waals surface area contributed by atoms with Crippen molar-refractivity contribution in [1.82, 2.24) is 15.0 Å². The minimum atomic E-state index is -3.52. The predicted octanol–water partition coefficient (Wildman–Crippen LogP) is 2.74. The molecule has 2 N–H and O–H groups in total. The molecule has 1 atom stereocenters. The van der Waals surface area contributed by atoms with Crippen LogP contribution in [-0.2, 0) is 16.6 Å². The molecule has 2 aromatic heterocycles. The Morgan fingerprint density at radius 2 is 2.14 bits per heavy atom. The summed E-state index contributed by atoms with van der Waals surface area (Å²) in [7, 11) is -3.52. The minimum absolute atomic E-state index is 0.327. The van der Waals surface area contributed by atoms with Gasteiger partial charge in [0.2, 0.25) is 10.0 Å². The topological polar surface area (TPSA) is 71.1 Å². The Balaban J connectivity index is 2.11. The molecule has 2 aromatic rings. The van der Waals surface area contributed by atoms with Crippen LogP contribution in [0.25, 0.3) is 0 Å². The fourth-order valence-electron chi connectivity index (χ4n) is 1.87. The van der Waals surface area contributed by atoms with E-state index in [1.807, 2.05) is 10.8 Å². The van der Waals surface area contributed by atoms with Gasteiger partial charge in [-0.05, 0) is 31.3 Å². The monoisotopic (exact) mass is 345 g/mol. The molecule has 0 aliphatic carbocycles. The Morgan fingerprint density at radius 1 is 1.33 bits per heavy atom. The van der Waals surface area contributed by atoms with Crippen LogP contribution < -0.4 is 10.0 Å². The van der Waals surface area contributed by atoms with Crippen LogP contribution in [0.15, 0.2) is 27.9 Å². The highest BCUT2D eigenvalue weighted by atomic mass is 32.2. The van der Waals surface area contributed by atoms with E-state index >= 15 is 0 Å². The summed E-state index contributed by atoms with van der Waals surface area (Å²) in [5.41, 5.74) is 0. The number of hydrogen-bond donors (Lipinski definition) is 2. The lowest BCUT2D eigenvalue weighted by Gasteiger charge is -2.12. The van der Waals surface area contributed by atoms with Gasteiger partial charge in [0.05, 0.1) is 10.9 Å². The number of sulfonamides is 1. The normalized spacial score (nSPS) is 13.4. The quantitative estimate of drug-likeness (QED) is 0.722. The molecule has 116 valence electrons. The second-order valence-corrected chi connectivity index (χ2v) is 8.21. The molecule has 21 heavy (non-hydrogen) atoms. The maximum Gasteiger partial charge on any atom is 0.242 e. The van der Waals surface area contributed by atoms with E-state index in [2.05, 4.69) is 21.9 Å². The molecule has 0 aliphatic heterocycles. The van der Waals surface area contributed by atoms with Crippen molar-refractivity contribution in [3.05, 3.63) is 32.9 Å². The first-order valence-corrected chi connectivity index (χ1v) is 9.97. The van der Waals surface area contributed by atoms with Crippen LogP contribution in [0.2, 0.25) is 0 Å². The smallest absolute Gasteiger partial charge is 0.242 e. The molecule has 0 aromatic carbocycles. The van der Waals surface area contributed by atoms with Gasteiger partial charge in [-0.15, -0.1) is 22.7 Å². The first-order valence-electron chi connectivity index (χ1n) is 6.73. The van der Waals surface area contributed by atoms with Gasteiger partial charge in [0, 0.05) is 23.0 Å². The minimum Gasteiger partial charge on any atom is -0.312 e. The number of thiophene rings is 1. The maximum atomic E-state index is 12.5. The summed E-state index contributed by atoms with van der Waals surface area (Å²) in [4.78, 5) is 5.34. The summed E-state index contributed by atoms with van der Waals surface area (Å²) in [5, 5.41) is 7.65. The molecule has 1 unspecified atom stereocenters. The number of hydrogen-bond acceptors (Lipinski definition) is 6. The van der Waals surface area contributed by atoms with Crippen molar-refractivity contribution in [2.75, 3.05) is 6.54 Å². The average Bonchev–Trinajstić information content (AvgIpc) is 3.10. The van der Waals surface area contributed by atoms with Crippen molar-refractivity contribution in [3.63, 3.8) is 0 Å². The first-order chi connectivity index (χ1) is 10.0. The van der Waals surface area contributed by atoms with Crippen LogP contribution in [0, 0.1) is 0 Å². The molecule has 5 nitrogen and oxygen atoms in total. The van der Waals surface area contributed by atoms with Gasteiger partial charge >= 0.3 is 0 Å². The Kier molecular flexibility index (Phi) is 5.88. The van der Waals surface area contributed by atoms with Crippen LogP contribution in [0.5, 0.6) is 0 Å². The van der Waals surface area contributed by atoms with Crippen molar-refractivity contribution in [1.29, 1.82) is 0 Å². The number of thiazole rings is 1. The van der Waals surface area contributed by atoms with Gasteiger partial charge in [-0.3, -0.25) is 0 Å². The number of aromatic nitrogens is 1. The predicted molar refractivity (Wildman–Crippen MR) is 87.2 cm³/mol. The van der Waals surface area contributed by atoms with E-state index in [0.29, 0.717) is 11.4 Å². The van der Waals surface area contributed by atoms with E-state index in [4.69, 9.17) is 0 Å². The third-order valence-electron chi connectivity index (χ3n) is 2.86.